The van der Waals surface area contributed by atoms with Crippen molar-refractivity contribution >= 4 is 26.0 Å². The van der Waals surface area contributed by atoms with Gasteiger partial charge in [-0.2, -0.15) is 8.42 Å². The van der Waals surface area contributed by atoms with Crippen LogP contribution in [0, 0.1) is 6.92 Å². The summed E-state index contributed by atoms with van der Waals surface area (Å²) in [5.74, 6) is -0.249. The Bertz CT molecular complexity index is 461. The van der Waals surface area contributed by atoms with Gasteiger partial charge in [0.1, 0.15) is 0 Å². The SMILES string of the molecule is CCOC(=O)c1cccc(C)c1.O=S(=O)(O)Cl. The van der Waals surface area contributed by atoms with E-state index in [0.29, 0.717) is 12.2 Å². The van der Waals surface area contributed by atoms with Gasteiger partial charge in [0.25, 0.3) is 0 Å². The first kappa shape index (κ1) is 15.9. The van der Waals surface area contributed by atoms with Gasteiger partial charge in [0, 0.05) is 10.7 Å². The molecule has 1 rings (SSSR count). The second-order valence-electron chi connectivity index (χ2n) is 3.00. The zero-order valence-corrected chi connectivity index (χ0v) is 11.0. The Labute approximate surface area is 105 Å². The van der Waals surface area contributed by atoms with E-state index in [9.17, 15) is 4.79 Å². The fourth-order valence-corrected chi connectivity index (χ4v) is 0.986. The smallest absolute Gasteiger partial charge is 0.353 e. The van der Waals surface area contributed by atoms with Crippen LogP contribution in [-0.2, 0) is 14.1 Å². The van der Waals surface area contributed by atoms with Crippen LogP contribution >= 0.6 is 10.7 Å². The molecule has 0 aliphatic heterocycles. The Morgan fingerprint density at radius 1 is 1.47 bits per heavy atom. The lowest BCUT2D eigenvalue weighted by molar-refractivity contribution is 0.0526. The quantitative estimate of drug-likeness (QED) is 0.510. The summed E-state index contributed by atoms with van der Waals surface area (Å²) >= 11 is 0. The zero-order chi connectivity index (χ0) is 13.5. The van der Waals surface area contributed by atoms with E-state index in [-0.39, 0.29) is 5.97 Å². The fraction of sp³-hybridized carbons (Fsp3) is 0.300. The maximum Gasteiger partial charge on any atom is 0.353 e. The Morgan fingerprint density at radius 2 is 2.00 bits per heavy atom. The molecule has 0 aromatic heterocycles. The van der Waals surface area contributed by atoms with Crippen LogP contribution in [0.15, 0.2) is 24.3 Å². The third-order valence-electron chi connectivity index (χ3n) is 1.53. The molecule has 0 radical (unpaired) electrons. The van der Waals surface area contributed by atoms with Crippen molar-refractivity contribution in [2.24, 2.45) is 0 Å². The van der Waals surface area contributed by atoms with E-state index >= 15 is 0 Å². The topological polar surface area (TPSA) is 80.7 Å². The molecule has 7 heteroatoms. The first-order valence-corrected chi connectivity index (χ1v) is 6.91. The van der Waals surface area contributed by atoms with Crippen molar-refractivity contribution in [3.63, 3.8) is 0 Å². The van der Waals surface area contributed by atoms with Gasteiger partial charge in [0.2, 0.25) is 0 Å². The van der Waals surface area contributed by atoms with Gasteiger partial charge in [-0.1, -0.05) is 17.7 Å². The number of benzene rings is 1. The highest BCUT2D eigenvalue weighted by atomic mass is 35.7. The number of hydrogen-bond donors (Lipinski definition) is 1. The largest absolute Gasteiger partial charge is 0.462 e. The molecular formula is C10H13ClO5S. The Morgan fingerprint density at radius 3 is 2.41 bits per heavy atom. The molecule has 0 heterocycles. The highest BCUT2D eigenvalue weighted by Crippen LogP contribution is 2.05. The summed E-state index contributed by atoms with van der Waals surface area (Å²) < 4.78 is 30.0. The molecule has 0 bridgehead atoms. The summed E-state index contributed by atoms with van der Waals surface area (Å²) in [4.78, 5) is 11.2. The molecule has 0 atom stereocenters. The standard InChI is InChI=1S/C10H12O2.ClHO3S/c1-3-12-10(11)9-6-4-5-8(2)7-9;1-5(2,3)4/h4-7H,3H2,1-2H3;(H,2,3,4). The molecule has 0 amide bonds. The minimum absolute atomic E-state index is 0.249. The third-order valence-corrected chi connectivity index (χ3v) is 1.53. The molecule has 1 aromatic carbocycles. The molecule has 0 unspecified atom stereocenters. The number of halogens is 1. The first-order chi connectivity index (χ1) is 7.74. The first-order valence-electron chi connectivity index (χ1n) is 4.65. The predicted molar refractivity (Wildman–Crippen MR) is 64.5 cm³/mol. The Balaban J connectivity index is 0.000000437. The summed E-state index contributed by atoms with van der Waals surface area (Å²) in [5.41, 5.74) is 1.69. The van der Waals surface area contributed by atoms with Gasteiger partial charge in [-0.25, -0.2) is 4.79 Å². The molecular weight excluding hydrogens is 268 g/mol. The number of rotatable bonds is 2. The molecule has 1 aromatic rings. The summed E-state index contributed by atoms with van der Waals surface area (Å²) in [6, 6.07) is 7.37. The molecule has 0 spiro atoms. The Kier molecular flexibility index (Phi) is 6.79. The fourth-order valence-electron chi connectivity index (χ4n) is 0.986. The van der Waals surface area contributed by atoms with Crippen LogP contribution in [0.4, 0.5) is 0 Å². The van der Waals surface area contributed by atoms with Crippen LogP contribution in [0.1, 0.15) is 22.8 Å². The van der Waals surface area contributed by atoms with E-state index in [1.165, 1.54) is 0 Å². The van der Waals surface area contributed by atoms with Crippen molar-refractivity contribution in [3.05, 3.63) is 35.4 Å². The van der Waals surface area contributed by atoms with Crippen LogP contribution < -0.4 is 0 Å². The van der Waals surface area contributed by atoms with Gasteiger partial charge >= 0.3 is 15.3 Å². The van der Waals surface area contributed by atoms with Gasteiger partial charge in [-0.3, -0.25) is 4.55 Å². The van der Waals surface area contributed by atoms with Gasteiger partial charge in [0.05, 0.1) is 12.2 Å². The molecule has 1 N–H and O–H groups in total. The second kappa shape index (κ2) is 7.26. The summed E-state index contributed by atoms with van der Waals surface area (Å²) in [7, 11) is -0.137. The van der Waals surface area contributed by atoms with Gasteiger partial charge in [-0.15, -0.1) is 0 Å². The number of ether oxygens (including phenoxy) is 1. The van der Waals surface area contributed by atoms with Gasteiger partial charge < -0.3 is 4.74 Å². The second-order valence-corrected chi connectivity index (χ2v) is 5.00. The average Bonchev–Trinajstić information content (AvgIpc) is 2.15. The lowest BCUT2D eigenvalue weighted by atomic mass is 10.1. The highest BCUT2D eigenvalue weighted by molar-refractivity contribution is 8.09. The minimum Gasteiger partial charge on any atom is -0.462 e. The van der Waals surface area contributed by atoms with Crippen LogP contribution in [0.5, 0.6) is 0 Å². The van der Waals surface area contributed by atoms with Gasteiger partial charge in [-0.05, 0) is 26.0 Å². The van der Waals surface area contributed by atoms with Crippen molar-refractivity contribution in [2.45, 2.75) is 13.8 Å². The lowest BCUT2D eigenvalue weighted by Gasteiger charge is -2.01. The maximum atomic E-state index is 11.2. The van der Waals surface area contributed by atoms with E-state index in [2.05, 4.69) is 10.7 Å². The Hall–Kier alpha value is -1.11. The predicted octanol–water partition coefficient (Wildman–Crippen LogP) is 2.20. The monoisotopic (exact) mass is 280 g/mol. The van der Waals surface area contributed by atoms with E-state index in [0.717, 1.165) is 5.56 Å². The molecule has 5 nitrogen and oxygen atoms in total. The number of carbonyl (C=O) groups excluding carboxylic acids is 1. The molecule has 96 valence electrons. The molecule has 0 fully saturated rings. The number of hydrogen-bond acceptors (Lipinski definition) is 4. The average molecular weight is 281 g/mol. The van der Waals surface area contributed by atoms with Crippen molar-refractivity contribution in [2.75, 3.05) is 6.61 Å². The number of carbonyl (C=O) groups is 1. The number of aryl methyl sites for hydroxylation is 1. The third kappa shape index (κ3) is 9.80. The van der Waals surface area contributed by atoms with Crippen LogP contribution in [0.2, 0.25) is 0 Å². The highest BCUT2D eigenvalue weighted by Gasteiger charge is 2.04. The van der Waals surface area contributed by atoms with Gasteiger partial charge in [0.15, 0.2) is 0 Å². The van der Waals surface area contributed by atoms with Crippen LogP contribution in [-0.4, -0.2) is 25.5 Å². The van der Waals surface area contributed by atoms with Crippen LogP contribution in [0.3, 0.4) is 0 Å². The van der Waals surface area contributed by atoms with Crippen molar-refractivity contribution in [3.8, 4) is 0 Å². The van der Waals surface area contributed by atoms with E-state index < -0.39 is 9.33 Å². The van der Waals surface area contributed by atoms with E-state index in [1.807, 2.05) is 25.1 Å². The van der Waals surface area contributed by atoms with Crippen molar-refractivity contribution in [1.29, 1.82) is 0 Å². The molecule has 0 aliphatic carbocycles. The number of esters is 1. The molecule has 0 saturated heterocycles. The molecule has 0 aliphatic rings. The maximum absolute atomic E-state index is 11.2. The van der Waals surface area contributed by atoms with E-state index in [1.54, 1.807) is 13.0 Å². The van der Waals surface area contributed by atoms with Crippen molar-refractivity contribution < 1.29 is 22.5 Å². The molecule has 17 heavy (non-hydrogen) atoms. The summed E-state index contributed by atoms with van der Waals surface area (Å²) in [6.07, 6.45) is 0. The summed E-state index contributed by atoms with van der Waals surface area (Å²) in [5, 5.41) is 0. The van der Waals surface area contributed by atoms with Crippen LogP contribution in [0.25, 0.3) is 0 Å². The van der Waals surface area contributed by atoms with E-state index in [4.69, 9.17) is 17.7 Å². The summed E-state index contributed by atoms with van der Waals surface area (Å²) in [6.45, 7) is 4.17. The lowest BCUT2D eigenvalue weighted by Crippen LogP contribution is -2.04. The van der Waals surface area contributed by atoms with Crippen molar-refractivity contribution in [1.82, 2.24) is 0 Å². The zero-order valence-electron chi connectivity index (χ0n) is 9.38. The minimum atomic E-state index is -4.19. The normalized spacial score (nSPS) is 10.1. The molecule has 0 saturated carbocycles.